The number of rotatable bonds is 5. The summed E-state index contributed by atoms with van der Waals surface area (Å²) in [6.07, 6.45) is 2.39. The molecule has 0 aromatic heterocycles. The Balaban J connectivity index is 1.53. The Bertz CT molecular complexity index is 1240. The summed E-state index contributed by atoms with van der Waals surface area (Å²) in [4.78, 5) is 30.8. The maximum absolute atomic E-state index is 13.6. The third-order valence-corrected chi connectivity index (χ3v) is 6.59. The second-order valence-corrected chi connectivity index (χ2v) is 8.64. The molecule has 1 fully saturated rings. The molecule has 3 aromatic rings. The van der Waals surface area contributed by atoms with Gasteiger partial charge in [0.2, 0.25) is 0 Å². The number of nitrogens with one attached hydrogen (secondary N) is 1. The molecule has 0 aliphatic carbocycles. The molecule has 5 rings (SSSR count). The standard InChI is InChI=1S/C28H27N3O2/c1-19-9-8-12-24(20(19)2)29-26-25(21-10-4-3-5-11-21)27(32)31(28(26)33)23-15-13-22(14-16-23)30-17-6-7-18-30/h3-5,8-16,29H,6-7,17-18H2,1-2H3. The van der Waals surface area contributed by atoms with Crippen LogP contribution in [-0.4, -0.2) is 24.9 Å². The second kappa shape index (κ2) is 8.58. The topological polar surface area (TPSA) is 52.7 Å². The van der Waals surface area contributed by atoms with Crippen molar-refractivity contribution in [2.45, 2.75) is 26.7 Å². The molecule has 0 atom stereocenters. The van der Waals surface area contributed by atoms with E-state index in [1.165, 1.54) is 17.7 Å². The van der Waals surface area contributed by atoms with Crippen LogP contribution in [0.1, 0.15) is 29.5 Å². The number of benzene rings is 3. The number of aryl methyl sites for hydroxylation is 1. The van der Waals surface area contributed by atoms with Crippen molar-refractivity contribution in [2.24, 2.45) is 0 Å². The summed E-state index contributed by atoms with van der Waals surface area (Å²) in [6.45, 7) is 6.13. The lowest BCUT2D eigenvalue weighted by Crippen LogP contribution is -2.32. The Labute approximate surface area is 194 Å². The van der Waals surface area contributed by atoms with E-state index in [1.807, 2.05) is 86.6 Å². The van der Waals surface area contributed by atoms with Crippen molar-refractivity contribution in [1.82, 2.24) is 0 Å². The van der Waals surface area contributed by atoms with Gasteiger partial charge in [0, 0.05) is 24.5 Å². The van der Waals surface area contributed by atoms with E-state index in [0.717, 1.165) is 41.2 Å². The van der Waals surface area contributed by atoms with Crippen LogP contribution in [0, 0.1) is 13.8 Å². The monoisotopic (exact) mass is 437 g/mol. The summed E-state index contributed by atoms with van der Waals surface area (Å²) in [6, 6.07) is 23.0. The second-order valence-electron chi connectivity index (χ2n) is 8.64. The minimum atomic E-state index is -0.339. The van der Waals surface area contributed by atoms with E-state index < -0.39 is 0 Å². The third-order valence-electron chi connectivity index (χ3n) is 6.59. The lowest BCUT2D eigenvalue weighted by atomic mass is 10.0. The average Bonchev–Trinajstić information content (AvgIpc) is 3.45. The van der Waals surface area contributed by atoms with Crippen molar-refractivity contribution in [3.63, 3.8) is 0 Å². The molecule has 0 unspecified atom stereocenters. The zero-order chi connectivity index (χ0) is 22.9. The van der Waals surface area contributed by atoms with Crippen molar-refractivity contribution in [3.05, 3.63) is 95.2 Å². The van der Waals surface area contributed by atoms with Crippen LogP contribution in [0.25, 0.3) is 5.57 Å². The van der Waals surface area contributed by atoms with Crippen molar-refractivity contribution >= 4 is 34.4 Å². The number of nitrogens with zero attached hydrogens (tertiary/aromatic N) is 2. The summed E-state index contributed by atoms with van der Waals surface area (Å²) < 4.78 is 0. The van der Waals surface area contributed by atoms with Crippen molar-refractivity contribution < 1.29 is 9.59 Å². The SMILES string of the molecule is Cc1cccc(NC2=C(c3ccccc3)C(=O)N(c3ccc(N4CCCC4)cc3)C2=O)c1C. The largest absolute Gasteiger partial charge is 0.372 e. The number of carbonyl (C=O) groups excluding carboxylic acids is 2. The quantitative estimate of drug-likeness (QED) is 0.551. The molecule has 2 aliphatic rings. The van der Waals surface area contributed by atoms with Crippen LogP contribution in [0.2, 0.25) is 0 Å². The number of hydrogen-bond acceptors (Lipinski definition) is 4. The van der Waals surface area contributed by atoms with Gasteiger partial charge in [0.05, 0.1) is 11.3 Å². The number of amides is 2. The van der Waals surface area contributed by atoms with E-state index in [0.29, 0.717) is 17.0 Å². The fourth-order valence-corrected chi connectivity index (χ4v) is 4.56. The summed E-state index contributed by atoms with van der Waals surface area (Å²) in [5, 5.41) is 3.29. The van der Waals surface area contributed by atoms with Gasteiger partial charge in [0.15, 0.2) is 0 Å². The summed E-state index contributed by atoms with van der Waals surface area (Å²) >= 11 is 0. The van der Waals surface area contributed by atoms with Crippen LogP contribution in [0.15, 0.2) is 78.5 Å². The Morgan fingerprint density at radius 1 is 0.727 bits per heavy atom. The molecule has 0 saturated carbocycles. The Morgan fingerprint density at radius 3 is 2.09 bits per heavy atom. The fourth-order valence-electron chi connectivity index (χ4n) is 4.56. The molecule has 3 aromatic carbocycles. The molecule has 33 heavy (non-hydrogen) atoms. The van der Waals surface area contributed by atoms with Gasteiger partial charge in [-0.15, -0.1) is 0 Å². The number of anilines is 3. The van der Waals surface area contributed by atoms with Crippen LogP contribution in [0.3, 0.4) is 0 Å². The van der Waals surface area contributed by atoms with Gasteiger partial charge in [0.25, 0.3) is 11.8 Å². The molecule has 5 heteroatoms. The van der Waals surface area contributed by atoms with Crippen LogP contribution < -0.4 is 15.1 Å². The van der Waals surface area contributed by atoms with Gasteiger partial charge in [-0.05, 0) is 73.7 Å². The minimum absolute atomic E-state index is 0.309. The number of hydrogen-bond donors (Lipinski definition) is 1. The normalized spacial score (nSPS) is 16.2. The van der Waals surface area contributed by atoms with E-state index in [-0.39, 0.29) is 11.8 Å². The van der Waals surface area contributed by atoms with Crippen LogP contribution in [0.5, 0.6) is 0 Å². The van der Waals surface area contributed by atoms with Gasteiger partial charge in [-0.2, -0.15) is 0 Å². The molecule has 0 radical (unpaired) electrons. The van der Waals surface area contributed by atoms with E-state index in [4.69, 9.17) is 0 Å². The summed E-state index contributed by atoms with van der Waals surface area (Å²) in [5.41, 5.74) is 6.12. The highest BCUT2D eigenvalue weighted by Gasteiger charge is 2.40. The van der Waals surface area contributed by atoms with Crippen molar-refractivity contribution in [1.29, 1.82) is 0 Å². The van der Waals surface area contributed by atoms with Gasteiger partial charge in [-0.1, -0.05) is 42.5 Å². The third kappa shape index (κ3) is 3.80. The number of carbonyl (C=O) groups is 2. The molecular weight excluding hydrogens is 410 g/mol. The van der Waals surface area contributed by atoms with Crippen LogP contribution in [-0.2, 0) is 9.59 Å². The van der Waals surface area contributed by atoms with Crippen molar-refractivity contribution in [3.8, 4) is 0 Å². The van der Waals surface area contributed by atoms with Crippen molar-refractivity contribution in [2.75, 3.05) is 28.2 Å². The van der Waals surface area contributed by atoms with E-state index in [9.17, 15) is 9.59 Å². The van der Waals surface area contributed by atoms with E-state index >= 15 is 0 Å². The van der Waals surface area contributed by atoms with E-state index in [2.05, 4.69) is 10.2 Å². The highest BCUT2D eigenvalue weighted by molar-refractivity contribution is 6.46. The van der Waals surface area contributed by atoms with Gasteiger partial charge < -0.3 is 10.2 Å². The zero-order valence-corrected chi connectivity index (χ0v) is 19.0. The van der Waals surface area contributed by atoms with Gasteiger partial charge in [-0.25, -0.2) is 4.90 Å². The minimum Gasteiger partial charge on any atom is -0.372 e. The lowest BCUT2D eigenvalue weighted by Gasteiger charge is -2.20. The first-order valence-corrected chi connectivity index (χ1v) is 11.4. The zero-order valence-electron chi connectivity index (χ0n) is 19.0. The molecular formula is C28H27N3O2. The van der Waals surface area contributed by atoms with Crippen LogP contribution >= 0.6 is 0 Å². The molecule has 166 valence electrons. The van der Waals surface area contributed by atoms with E-state index in [1.54, 1.807) is 0 Å². The first-order chi connectivity index (χ1) is 16.0. The van der Waals surface area contributed by atoms with Crippen LogP contribution in [0.4, 0.5) is 17.1 Å². The maximum atomic E-state index is 13.6. The first kappa shape index (κ1) is 21.0. The Morgan fingerprint density at radius 2 is 1.39 bits per heavy atom. The maximum Gasteiger partial charge on any atom is 0.282 e. The Kier molecular flexibility index (Phi) is 5.47. The molecule has 0 bridgehead atoms. The average molecular weight is 438 g/mol. The van der Waals surface area contributed by atoms with Gasteiger partial charge in [-0.3, -0.25) is 9.59 Å². The lowest BCUT2D eigenvalue weighted by molar-refractivity contribution is -0.120. The predicted octanol–water partition coefficient (Wildman–Crippen LogP) is 5.30. The highest BCUT2D eigenvalue weighted by atomic mass is 16.2. The molecule has 2 heterocycles. The molecule has 5 nitrogen and oxygen atoms in total. The Hall–Kier alpha value is -3.86. The highest BCUT2D eigenvalue weighted by Crippen LogP contribution is 2.35. The smallest absolute Gasteiger partial charge is 0.282 e. The molecule has 0 spiro atoms. The molecule has 1 saturated heterocycles. The summed E-state index contributed by atoms with van der Waals surface area (Å²) in [5.74, 6) is -0.651. The predicted molar refractivity (Wildman–Crippen MR) is 133 cm³/mol. The molecule has 2 aliphatic heterocycles. The van der Waals surface area contributed by atoms with Gasteiger partial charge >= 0.3 is 0 Å². The van der Waals surface area contributed by atoms with Gasteiger partial charge in [0.1, 0.15) is 5.70 Å². The summed E-state index contributed by atoms with van der Waals surface area (Å²) in [7, 11) is 0. The molecule has 2 amide bonds. The molecule has 1 N–H and O–H groups in total. The first-order valence-electron chi connectivity index (χ1n) is 11.4. The fraction of sp³-hybridized carbons (Fsp3) is 0.214. The number of imide groups is 1.